The molecule has 1 aromatic heterocycles. The number of nitrogens with one attached hydrogen (secondary N) is 2. The van der Waals surface area contributed by atoms with Crippen LogP contribution in [-0.2, 0) is 12.8 Å². The minimum atomic E-state index is 0.307. The van der Waals surface area contributed by atoms with Crippen molar-refractivity contribution >= 4 is 5.96 Å². The Morgan fingerprint density at radius 3 is 2.73 bits per heavy atom. The number of hydrogen-bond donors (Lipinski definition) is 2. The van der Waals surface area contributed by atoms with Crippen molar-refractivity contribution in [2.24, 2.45) is 4.99 Å². The highest BCUT2D eigenvalue weighted by molar-refractivity contribution is 5.79. The van der Waals surface area contributed by atoms with Gasteiger partial charge in [-0.15, -0.1) is 0 Å². The lowest BCUT2D eigenvalue weighted by Gasteiger charge is -2.11. The smallest absolute Gasteiger partial charge is 0.231 e. The molecule has 3 rings (SSSR count). The summed E-state index contributed by atoms with van der Waals surface area (Å²) in [5.41, 5.74) is 3.46. The number of guanidine groups is 1. The Kier molecular flexibility index (Phi) is 6.30. The lowest BCUT2D eigenvalue weighted by Crippen LogP contribution is -2.38. The van der Waals surface area contributed by atoms with Gasteiger partial charge >= 0.3 is 0 Å². The fourth-order valence-corrected chi connectivity index (χ4v) is 2.71. The summed E-state index contributed by atoms with van der Waals surface area (Å²) in [5.74, 6) is 2.48. The number of aryl methyl sites for hydroxylation is 1. The Bertz CT molecular complexity index is 744. The third-order valence-electron chi connectivity index (χ3n) is 4.13. The number of nitrogens with zero attached hydrogens (tertiary/aromatic N) is 2. The Morgan fingerprint density at radius 1 is 1.08 bits per heavy atom. The van der Waals surface area contributed by atoms with Crippen LogP contribution in [0.5, 0.6) is 11.5 Å². The van der Waals surface area contributed by atoms with E-state index in [1.165, 1.54) is 11.1 Å². The number of fused-ring (bicyclic) bond motifs is 1. The summed E-state index contributed by atoms with van der Waals surface area (Å²) in [6.45, 7) is 6.74. The van der Waals surface area contributed by atoms with Crippen LogP contribution in [-0.4, -0.2) is 37.4 Å². The van der Waals surface area contributed by atoms with Gasteiger partial charge in [0.05, 0.1) is 0 Å². The predicted molar refractivity (Wildman–Crippen MR) is 103 cm³/mol. The van der Waals surface area contributed by atoms with Crippen molar-refractivity contribution in [2.45, 2.75) is 26.7 Å². The van der Waals surface area contributed by atoms with Crippen molar-refractivity contribution < 1.29 is 9.47 Å². The molecule has 1 aliphatic rings. The monoisotopic (exact) mass is 354 g/mol. The van der Waals surface area contributed by atoms with Crippen LogP contribution in [0.25, 0.3) is 0 Å². The summed E-state index contributed by atoms with van der Waals surface area (Å²) in [6, 6.07) is 10.2. The Labute approximate surface area is 154 Å². The van der Waals surface area contributed by atoms with Gasteiger partial charge in [-0.2, -0.15) is 0 Å². The zero-order chi connectivity index (χ0) is 18.2. The standard InChI is InChI=1S/C20H26N4O2/c1-3-21-20(23-11-9-17-5-4-15(2)24-13-17)22-10-8-16-6-7-18-19(12-16)26-14-25-18/h4-7,12-13H,3,8-11,14H2,1-2H3,(H2,21,22,23). The van der Waals surface area contributed by atoms with Crippen LogP contribution in [0.3, 0.4) is 0 Å². The van der Waals surface area contributed by atoms with Gasteiger partial charge in [0.2, 0.25) is 6.79 Å². The van der Waals surface area contributed by atoms with Gasteiger partial charge in [0, 0.05) is 31.5 Å². The average molecular weight is 354 g/mol. The van der Waals surface area contributed by atoms with E-state index in [0.29, 0.717) is 13.3 Å². The molecule has 1 aromatic carbocycles. The summed E-state index contributed by atoms with van der Waals surface area (Å²) in [6.07, 6.45) is 3.70. The molecule has 26 heavy (non-hydrogen) atoms. The molecule has 0 aliphatic carbocycles. The summed E-state index contributed by atoms with van der Waals surface area (Å²) in [4.78, 5) is 8.98. The maximum atomic E-state index is 5.42. The molecule has 0 bridgehead atoms. The Balaban J connectivity index is 1.47. The van der Waals surface area contributed by atoms with E-state index in [2.05, 4.69) is 39.7 Å². The van der Waals surface area contributed by atoms with Crippen molar-refractivity contribution in [3.8, 4) is 11.5 Å². The number of aliphatic imine (C=N–C) groups is 1. The van der Waals surface area contributed by atoms with Gasteiger partial charge in [-0.3, -0.25) is 9.98 Å². The topological polar surface area (TPSA) is 67.8 Å². The van der Waals surface area contributed by atoms with Gasteiger partial charge in [0.1, 0.15) is 0 Å². The van der Waals surface area contributed by atoms with Crippen LogP contribution in [0.2, 0.25) is 0 Å². The van der Waals surface area contributed by atoms with Crippen molar-refractivity contribution in [3.63, 3.8) is 0 Å². The first-order valence-electron chi connectivity index (χ1n) is 9.07. The Morgan fingerprint density at radius 2 is 1.92 bits per heavy atom. The average Bonchev–Trinajstić information content (AvgIpc) is 3.11. The van der Waals surface area contributed by atoms with Gasteiger partial charge in [-0.25, -0.2) is 0 Å². The molecular weight excluding hydrogens is 328 g/mol. The lowest BCUT2D eigenvalue weighted by atomic mass is 10.1. The van der Waals surface area contributed by atoms with E-state index in [-0.39, 0.29) is 0 Å². The van der Waals surface area contributed by atoms with Crippen LogP contribution in [0.15, 0.2) is 41.5 Å². The van der Waals surface area contributed by atoms with E-state index >= 15 is 0 Å². The van der Waals surface area contributed by atoms with Gasteiger partial charge in [0.15, 0.2) is 17.5 Å². The first-order valence-corrected chi connectivity index (χ1v) is 9.07. The van der Waals surface area contributed by atoms with E-state index in [4.69, 9.17) is 9.47 Å². The molecule has 0 radical (unpaired) electrons. The first-order chi connectivity index (χ1) is 12.7. The molecule has 0 atom stereocenters. The van der Waals surface area contributed by atoms with E-state index in [9.17, 15) is 0 Å². The normalized spacial score (nSPS) is 12.9. The SMILES string of the molecule is CCNC(=NCCc1ccc2c(c1)OCO2)NCCc1ccc(C)nc1. The first kappa shape index (κ1) is 18.0. The number of ether oxygens (including phenoxy) is 2. The maximum absolute atomic E-state index is 5.42. The fraction of sp³-hybridized carbons (Fsp3) is 0.400. The second kappa shape index (κ2) is 9.08. The zero-order valence-corrected chi connectivity index (χ0v) is 15.4. The zero-order valence-electron chi connectivity index (χ0n) is 15.4. The van der Waals surface area contributed by atoms with E-state index in [1.54, 1.807) is 0 Å². The number of hydrogen-bond acceptors (Lipinski definition) is 4. The van der Waals surface area contributed by atoms with Gasteiger partial charge in [-0.05, 0) is 56.0 Å². The van der Waals surface area contributed by atoms with Crippen LogP contribution < -0.4 is 20.1 Å². The van der Waals surface area contributed by atoms with E-state index < -0.39 is 0 Å². The second-order valence-electron chi connectivity index (χ2n) is 6.18. The van der Waals surface area contributed by atoms with Gasteiger partial charge < -0.3 is 20.1 Å². The molecule has 0 fully saturated rings. The molecule has 0 saturated heterocycles. The number of aromatic nitrogens is 1. The molecule has 0 unspecified atom stereocenters. The molecule has 0 amide bonds. The molecule has 6 heteroatoms. The quantitative estimate of drug-likeness (QED) is 0.591. The molecule has 0 spiro atoms. The Hall–Kier alpha value is -2.76. The lowest BCUT2D eigenvalue weighted by molar-refractivity contribution is 0.174. The third-order valence-corrected chi connectivity index (χ3v) is 4.13. The molecular formula is C20H26N4O2. The minimum Gasteiger partial charge on any atom is -0.454 e. The number of rotatable bonds is 7. The highest BCUT2D eigenvalue weighted by Gasteiger charge is 2.12. The van der Waals surface area contributed by atoms with E-state index in [0.717, 1.165) is 49.1 Å². The summed E-state index contributed by atoms with van der Waals surface area (Å²) < 4.78 is 10.8. The summed E-state index contributed by atoms with van der Waals surface area (Å²) >= 11 is 0. The minimum absolute atomic E-state index is 0.307. The maximum Gasteiger partial charge on any atom is 0.231 e. The van der Waals surface area contributed by atoms with E-state index in [1.807, 2.05) is 31.3 Å². The molecule has 138 valence electrons. The largest absolute Gasteiger partial charge is 0.454 e. The van der Waals surface area contributed by atoms with Crippen molar-refractivity contribution in [1.29, 1.82) is 0 Å². The van der Waals surface area contributed by atoms with Crippen molar-refractivity contribution in [3.05, 3.63) is 53.3 Å². The molecule has 6 nitrogen and oxygen atoms in total. The molecule has 1 aliphatic heterocycles. The fourth-order valence-electron chi connectivity index (χ4n) is 2.71. The van der Waals surface area contributed by atoms with Crippen LogP contribution >= 0.6 is 0 Å². The summed E-state index contributed by atoms with van der Waals surface area (Å²) in [5, 5.41) is 6.66. The molecule has 0 saturated carbocycles. The second-order valence-corrected chi connectivity index (χ2v) is 6.18. The van der Waals surface area contributed by atoms with Crippen molar-refractivity contribution in [2.75, 3.05) is 26.4 Å². The van der Waals surface area contributed by atoms with Gasteiger partial charge in [-0.1, -0.05) is 12.1 Å². The summed E-state index contributed by atoms with van der Waals surface area (Å²) in [7, 11) is 0. The van der Waals surface area contributed by atoms with Gasteiger partial charge in [0.25, 0.3) is 0 Å². The molecule has 2 heterocycles. The predicted octanol–water partition coefficient (Wildman–Crippen LogP) is 2.46. The van der Waals surface area contributed by atoms with Crippen LogP contribution in [0, 0.1) is 6.92 Å². The molecule has 2 aromatic rings. The van der Waals surface area contributed by atoms with Crippen molar-refractivity contribution in [1.82, 2.24) is 15.6 Å². The highest BCUT2D eigenvalue weighted by atomic mass is 16.7. The van der Waals surface area contributed by atoms with Crippen LogP contribution in [0.1, 0.15) is 23.7 Å². The third kappa shape index (κ3) is 5.12. The number of pyridine rings is 1. The number of benzene rings is 1. The highest BCUT2D eigenvalue weighted by Crippen LogP contribution is 2.32. The van der Waals surface area contributed by atoms with Crippen LogP contribution in [0.4, 0.5) is 0 Å². The molecule has 2 N–H and O–H groups in total.